The van der Waals surface area contributed by atoms with Crippen molar-refractivity contribution in [2.45, 2.75) is 6.92 Å². The van der Waals surface area contributed by atoms with E-state index in [2.05, 4.69) is 0 Å². The third-order valence-electron chi connectivity index (χ3n) is 5.43. The predicted octanol–water partition coefficient (Wildman–Crippen LogP) is 5.89. The number of carbonyl (C=O) groups excluding carboxylic acids is 2. The molecule has 5 rings (SSSR count). The molecule has 0 fully saturated rings. The van der Waals surface area contributed by atoms with Crippen LogP contribution in [0.4, 0.5) is 0 Å². The maximum absolute atomic E-state index is 13.4. The summed E-state index contributed by atoms with van der Waals surface area (Å²) in [5.41, 5.74) is 5.10. The molecular weight excluding hydrogens is 360 g/mol. The zero-order chi connectivity index (χ0) is 20.0. The molecule has 0 bridgehead atoms. The summed E-state index contributed by atoms with van der Waals surface area (Å²) in [5.74, 6) is -0.581. The van der Waals surface area contributed by atoms with Crippen molar-refractivity contribution in [2.24, 2.45) is 0 Å². The van der Waals surface area contributed by atoms with E-state index >= 15 is 0 Å². The van der Waals surface area contributed by atoms with Crippen molar-refractivity contribution >= 4 is 22.5 Å². The summed E-state index contributed by atoms with van der Waals surface area (Å²) in [4.78, 5) is 26.4. The van der Waals surface area contributed by atoms with Crippen molar-refractivity contribution in [1.82, 2.24) is 0 Å². The van der Waals surface area contributed by atoms with Crippen molar-refractivity contribution in [1.29, 1.82) is 0 Å². The quantitative estimate of drug-likeness (QED) is 0.367. The first-order valence-corrected chi connectivity index (χ1v) is 9.67. The van der Waals surface area contributed by atoms with E-state index in [0.717, 1.165) is 33.0 Å². The molecule has 140 valence electrons. The number of benzene rings is 4. The van der Waals surface area contributed by atoms with Crippen LogP contribution in [0.25, 0.3) is 33.0 Å². The van der Waals surface area contributed by atoms with Crippen molar-refractivity contribution in [3.63, 3.8) is 0 Å². The first kappa shape index (κ1) is 17.4. The average Bonchev–Trinajstić information content (AvgIpc) is 3.05. The Labute approximate surface area is 168 Å². The largest absolute Gasteiger partial charge is 0.462 e. The van der Waals surface area contributed by atoms with Crippen molar-refractivity contribution in [3.05, 3.63) is 95.6 Å². The lowest BCUT2D eigenvalue weighted by Crippen LogP contribution is -2.12. The standard InChI is InChI=1S/C26H18O3/c1-2-29-26(28)23-18-13-7-6-12-17(18)21(16-10-4-3-5-11-16)22-19-14-8-9-15-20(19)25(27)24(22)23/h3-15H,2H2,1H3. The molecule has 0 N–H and O–H groups in total. The van der Waals surface area contributed by atoms with E-state index in [1.165, 1.54) is 0 Å². The van der Waals surface area contributed by atoms with Crippen LogP contribution in [0.3, 0.4) is 0 Å². The molecule has 0 radical (unpaired) electrons. The van der Waals surface area contributed by atoms with Crippen LogP contribution in [-0.4, -0.2) is 18.4 Å². The number of hydrogen-bond donors (Lipinski definition) is 0. The maximum Gasteiger partial charge on any atom is 0.339 e. The molecule has 3 heteroatoms. The molecule has 3 nitrogen and oxygen atoms in total. The summed E-state index contributed by atoms with van der Waals surface area (Å²) >= 11 is 0. The highest BCUT2D eigenvalue weighted by molar-refractivity contribution is 6.32. The van der Waals surface area contributed by atoms with Gasteiger partial charge in [0.15, 0.2) is 5.78 Å². The molecule has 4 aromatic carbocycles. The normalized spacial score (nSPS) is 12.0. The van der Waals surface area contributed by atoms with Gasteiger partial charge in [0.1, 0.15) is 0 Å². The van der Waals surface area contributed by atoms with Gasteiger partial charge in [0, 0.05) is 16.7 Å². The Bertz CT molecular complexity index is 1290. The fourth-order valence-corrected chi connectivity index (χ4v) is 4.29. The topological polar surface area (TPSA) is 43.4 Å². The second-order valence-electron chi connectivity index (χ2n) is 7.01. The van der Waals surface area contributed by atoms with Gasteiger partial charge in [0.25, 0.3) is 0 Å². The van der Waals surface area contributed by atoms with Crippen LogP contribution in [0.5, 0.6) is 0 Å². The smallest absolute Gasteiger partial charge is 0.339 e. The van der Waals surface area contributed by atoms with E-state index in [9.17, 15) is 9.59 Å². The number of fused-ring (bicyclic) bond motifs is 4. The first-order chi connectivity index (χ1) is 14.2. The molecule has 0 aromatic heterocycles. The molecule has 1 aliphatic carbocycles. The molecule has 0 aliphatic heterocycles. The van der Waals surface area contributed by atoms with Crippen molar-refractivity contribution < 1.29 is 14.3 Å². The number of ether oxygens (including phenoxy) is 1. The Hall–Kier alpha value is -3.72. The Kier molecular flexibility index (Phi) is 4.02. The van der Waals surface area contributed by atoms with Crippen LogP contribution in [0.2, 0.25) is 0 Å². The zero-order valence-corrected chi connectivity index (χ0v) is 15.9. The number of carbonyl (C=O) groups is 2. The van der Waals surface area contributed by atoms with Crippen LogP contribution in [-0.2, 0) is 4.74 Å². The van der Waals surface area contributed by atoms with Gasteiger partial charge < -0.3 is 4.74 Å². The highest BCUT2D eigenvalue weighted by Gasteiger charge is 2.36. The first-order valence-electron chi connectivity index (χ1n) is 9.67. The number of esters is 1. The fourth-order valence-electron chi connectivity index (χ4n) is 4.29. The van der Waals surface area contributed by atoms with E-state index in [0.29, 0.717) is 16.7 Å². The molecule has 1 aliphatic rings. The van der Waals surface area contributed by atoms with Crippen LogP contribution in [0.1, 0.15) is 33.2 Å². The summed E-state index contributed by atoms with van der Waals surface area (Å²) < 4.78 is 5.36. The molecule has 0 spiro atoms. The Morgan fingerprint density at radius 3 is 2.07 bits per heavy atom. The summed E-state index contributed by atoms with van der Waals surface area (Å²) in [5, 5.41) is 1.68. The highest BCUT2D eigenvalue weighted by Crippen LogP contribution is 2.48. The molecule has 29 heavy (non-hydrogen) atoms. The molecule has 0 saturated heterocycles. The van der Waals surface area contributed by atoms with E-state index in [4.69, 9.17) is 4.74 Å². The van der Waals surface area contributed by atoms with Gasteiger partial charge in [-0.3, -0.25) is 4.79 Å². The number of hydrogen-bond acceptors (Lipinski definition) is 3. The van der Waals surface area contributed by atoms with Crippen LogP contribution in [0.15, 0.2) is 78.9 Å². The fraction of sp³-hybridized carbons (Fsp3) is 0.0769. The van der Waals surface area contributed by atoms with Gasteiger partial charge in [-0.1, -0.05) is 78.9 Å². The van der Waals surface area contributed by atoms with Gasteiger partial charge in [-0.05, 0) is 34.4 Å². The minimum Gasteiger partial charge on any atom is -0.462 e. The monoisotopic (exact) mass is 378 g/mol. The lowest BCUT2D eigenvalue weighted by molar-refractivity contribution is 0.0526. The lowest BCUT2D eigenvalue weighted by atomic mass is 9.85. The zero-order valence-electron chi connectivity index (χ0n) is 15.9. The Morgan fingerprint density at radius 2 is 1.34 bits per heavy atom. The minimum absolute atomic E-state index is 0.124. The summed E-state index contributed by atoms with van der Waals surface area (Å²) in [7, 11) is 0. The third-order valence-corrected chi connectivity index (χ3v) is 5.43. The molecule has 0 unspecified atom stereocenters. The third kappa shape index (κ3) is 2.51. The second-order valence-corrected chi connectivity index (χ2v) is 7.01. The second kappa shape index (κ2) is 6.71. The van der Waals surface area contributed by atoms with Gasteiger partial charge in [-0.15, -0.1) is 0 Å². The molecule has 4 aromatic rings. The minimum atomic E-state index is -0.458. The Balaban J connectivity index is 2.01. The molecular formula is C26H18O3. The SMILES string of the molecule is CCOC(=O)c1c2c(c(-c3ccccc3)c3ccccc13)-c1ccccc1C2=O. The molecule has 0 saturated carbocycles. The molecule has 0 amide bonds. The van der Waals surface area contributed by atoms with Gasteiger partial charge in [-0.2, -0.15) is 0 Å². The van der Waals surface area contributed by atoms with E-state index in [1.807, 2.05) is 78.9 Å². The van der Waals surface area contributed by atoms with Crippen molar-refractivity contribution in [2.75, 3.05) is 6.61 Å². The van der Waals surface area contributed by atoms with Crippen molar-refractivity contribution in [3.8, 4) is 22.3 Å². The summed E-state index contributed by atoms with van der Waals surface area (Å²) in [6.45, 7) is 2.03. The maximum atomic E-state index is 13.4. The van der Waals surface area contributed by atoms with Gasteiger partial charge in [-0.25, -0.2) is 4.79 Å². The number of ketones is 1. The summed E-state index contributed by atoms with van der Waals surface area (Å²) in [6.07, 6.45) is 0. The van der Waals surface area contributed by atoms with E-state index in [-0.39, 0.29) is 12.4 Å². The highest BCUT2D eigenvalue weighted by atomic mass is 16.5. The van der Waals surface area contributed by atoms with Gasteiger partial charge in [0.05, 0.1) is 12.2 Å². The molecule has 0 heterocycles. The summed E-state index contributed by atoms with van der Waals surface area (Å²) in [6, 6.07) is 25.3. The van der Waals surface area contributed by atoms with E-state index in [1.54, 1.807) is 6.92 Å². The lowest BCUT2D eigenvalue weighted by Gasteiger charge is -2.17. The predicted molar refractivity (Wildman–Crippen MR) is 114 cm³/mol. The Morgan fingerprint density at radius 1 is 0.724 bits per heavy atom. The van der Waals surface area contributed by atoms with Crippen LogP contribution in [0, 0.1) is 0 Å². The van der Waals surface area contributed by atoms with Crippen LogP contribution >= 0.6 is 0 Å². The average molecular weight is 378 g/mol. The molecule has 0 atom stereocenters. The van der Waals surface area contributed by atoms with Gasteiger partial charge in [0.2, 0.25) is 0 Å². The number of rotatable bonds is 3. The van der Waals surface area contributed by atoms with Crippen LogP contribution < -0.4 is 0 Å². The van der Waals surface area contributed by atoms with E-state index < -0.39 is 5.97 Å². The van der Waals surface area contributed by atoms with Gasteiger partial charge >= 0.3 is 5.97 Å².